The lowest BCUT2D eigenvalue weighted by molar-refractivity contribution is -0.0217. The molecule has 138 valence electrons. The number of hydrogen-bond acceptors (Lipinski definition) is 5. The predicted octanol–water partition coefficient (Wildman–Crippen LogP) is 4.65. The van der Waals surface area contributed by atoms with Crippen molar-refractivity contribution in [1.82, 2.24) is 10.1 Å². The van der Waals surface area contributed by atoms with Gasteiger partial charge in [0, 0.05) is 24.4 Å². The SMILES string of the molecule is CCOC1C=CC(c2nc(-c3cccc4ccccc34)no2)=CC1OCC. The van der Waals surface area contributed by atoms with Gasteiger partial charge in [0.15, 0.2) is 0 Å². The maximum absolute atomic E-state index is 5.81. The molecule has 1 aromatic heterocycles. The van der Waals surface area contributed by atoms with E-state index in [1.165, 1.54) is 0 Å². The molecule has 0 amide bonds. The minimum Gasteiger partial charge on any atom is -0.371 e. The summed E-state index contributed by atoms with van der Waals surface area (Å²) in [5, 5.41) is 6.45. The lowest BCUT2D eigenvalue weighted by atomic mass is 10.0. The Morgan fingerprint density at radius 3 is 2.59 bits per heavy atom. The number of hydrogen-bond donors (Lipinski definition) is 0. The van der Waals surface area contributed by atoms with E-state index in [-0.39, 0.29) is 12.2 Å². The lowest BCUT2D eigenvalue weighted by Crippen LogP contribution is -2.30. The van der Waals surface area contributed by atoms with E-state index < -0.39 is 0 Å². The Kier molecular flexibility index (Phi) is 5.14. The van der Waals surface area contributed by atoms with Crippen LogP contribution in [0, 0.1) is 0 Å². The van der Waals surface area contributed by atoms with Gasteiger partial charge >= 0.3 is 0 Å². The van der Waals surface area contributed by atoms with E-state index in [9.17, 15) is 0 Å². The highest BCUT2D eigenvalue weighted by Crippen LogP contribution is 2.29. The maximum Gasteiger partial charge on any atom is 0.258 e. The molecule has 0 radical (unpaired) electrons. The number of ether oxygens (including phenoxy) is 2. The summed E-state index contributed by atoms with van der Waals surface area (Å²) in [5.74, 6) is 1.06. The second-order valence-electron chi connectivity index (χ2n) is 6.27. The zero-order chi connectivity index (χ0) is 18.6. The molecule has 2 atom stereocenters. The highest BCUT2D eigenvalue weighted by atomic mass is 16.5. The Hall–Kier alpha value is -2.76. The monoisotopic (exact) mass is 362 g/mol. The minimum atomic E-state index is -0.164. The van der Waals surface area contributed by atoms with Gasteiger partial charge in [-0.3, -0.25) is 0 Å². The highest BCUT2D eigenvalue weighted by molar-refractivity contribution is 5.95. The largest absolute Gasteiger partial charge is 0.371 e. The van der Waals surface area contributed by atoms with Crippen LogP contribution in [0.15, 0.2) is 65.2 Å². The molecule has 1 heterocycles. The van der Waals surface area contributed by atoms with E-state index in [4.69, 9.17) is 14.0 Å². The number of aromatic nitrogens is 2. The van der Waals surface area contributed by atoms with Gasteiger partial charge in [-0.1, -0.05) is 59.8 Å². The van der Waals surface area contributed by atoms with Gasteiger partial charge in [0.25, 0.3) is 5.89 Å². The van der Waals surface area contributed by atoms with Gasteiger partial charge in [0.05, 0.1) is 0 Å². The topological polar surface area (TPSA) is 57.4 Å². The van der Waals surface area contributed by atoms with Gasteiger partial charge in [0.1, 0.15) is 12.2 Å². The summed E-state index contributed by atoms with van der Waals surface area (Å²) < 4.78 is 17.1. The quantitative estimate of drug-likeness (QED) is 0.639. The van der Waals surface area contributed by atoms with E-state index in [1.54, 1.807) is 0 Å². The van der Waals surface area contributed by atoms with Crippen LogP contribution in [0.3, 0.4) is 0 Å². The molecule has 2 unspecified atom stereocenters. The van der Waals surface area contributed by atoms with Crippen molar-refractivity contribution in [3.8, 4) is 11.4 Å². The van der Waals surface area contributed by atoms with E-state index >= 15 is 0 Å². The summed E-state index contributed by atoms with van der Waals surface area (Å²) in [7, 11) is 0. The average Bonchev–Trinajstić information content (AvgIpc) is 3.19. The standard InChI is InChI=1S/C22H22N2O3/c1-3-25-19-13-12-16(14-20(19)26-4-2)22-23-21(24-27-22)18-11-7-9-15-8-5-6-10-17(15)18/h5-14,19-20H,3-4H2,1-2H3. The first kappa shape index (κ1) is 17.6. The van der Waals surface area contributed by atoms with Crippen LogP contribution in [0.4, 0.5) is 0 Å². The number of nitrogens with zero attached hydrogens (tertiary/aromatic N) is 2. The van der Waals surface area contributed by atoms with Gasteiger partial charge in [0.2, 0.25) is 5.82 Å². The lowest BCUT2D eigenvalue weighted by Gasteiger charge is -2.25. The van der Waals surface area contributed by atoms with Gasteiger partial charge in [-0.05, 0) is 30.7 Å². The van der Waals surface area contributed by atoms with E-state index in [0.29, 0.717) is 24.9 Å². The van der Waals surface area contributed by atoms with Crippen molar-refractivity contribution >= 4 is 16.3 Å². The third-order valence-electron chi connectivity index (χ3n) is 4.55. The smallest absolute Gasteiger partial charge is 0.258 e. The number of rotatable bonds is 6. The summed E-state index contributed by atoms with van der Waals surface area (Å²) in [6.45, 7) is 5.19. The molecule has 2 aromatic carbocycles. The number of benzene rings is 2. The number of fused-ring (bicyclic) bond motifs is 1. The third-order valence-corrected chi connectivity index (χ3v) is 4.55. The van der Waals surface area contributed by atoms with Crippen molar-refractivity contribution in [3.63, 3.8) is 0 Å². The Morgan fingerprint density at radius 2 is 1.74 bits per heavy atom. The van der Waals surface area contributed by atoms with Crippen LogP contribution >= 0.6 is 0 Å². The van der Waals surface area contributed by atoms with Crippen LogP contribution in [0.1, 0.15) is 19.7 Å². The minimum absolute atomic E-state index is 0.0980. The summed E-state index contributed by atoms with van der Waals surface area (Å²) in [5.41, 5.74) is 1.81. The molecule has 0 saturated heterocycles. The molecule has 0 bridgehead atoms. The molecular weight excluding hydrogens is 340 g/mol. The molecule has 0 saturated carbocycles. The van der Waals surface area contributed by atoms with Crippen LogP contribution in [0.25, 0.3) is 27.7 Å². The van der Waals surface area contributed by atoms with E-state index in [1.807, 2.05) is 56.3 Å². The van der Waals surface area contributed by atoms with Crippen LogP contribution in [-0.4, -0.2) is 35.6 Å². The Morgan fingerprint density at radius 1 is 0.963 bits per heavy atom. The zero-order valence-corrected chi connectivity index (χ0v) is 15.5. The number of allylic oxidation sites excluding steroid dienone is 2. The van der Waals surface area contributed by atoms with Crippen molar-refractivity contribution in [2.45, 2.75) is 26.1 Å². The second-order valence-corrected chi connectivity index (χ2v) is 6.27. The fourth-order valence-corrected chi connectivity index (χ4v) is 3.33. The van der Waals surface area contributed by atoms with Crippen LogP contribution in [-0.2, 0) is 9.47 Å². The summed E-state index contributed by atoms with van der Waals surface area (Å²) in [4.78, 5) is 4.63. The summed E-state index contributed by atoms with van der Waals surface area (Å²) in [6, 6.07) is 14.3. The van der Waals surface area contributed by atoms with E-state index in [0.717, 1.165) is 21.9 Å². The molecule has 1 aliphatic rings. The van der Waals surface area contributed by atoms with Crippen molar-refractivity contribution in [3.05, 3.63) is 66.6 Å². The van der Waals surface area contributed by atoms with Crippen LogP contribution < -0.4 is 0 Å². The summed E-state index contributed by atoms with van der Waals surface area (Å²) in [6.07, 6.45) is 5.67. The highest BCUT2D eigenvalue weighted by Gasteiger charge is 2.24. The van der Waals surface area contributed by atoms with Gasteiger partial charge in [-0.25, -0.2) is 0 Å². The second kappa shape index (κ2) is 7.86. The molecule has 4 rings (SSSR count). The Balaban J connectivity index is 1.66. The van der Waals surface area contributed by atoms with Gasteiger partial charge in [-0.2, -0.15) is 4.98 Å². The van der Waals surface area contributed by atoms with Gasteiger partial charge < -0.3 is 14.0 Å². The molecule has 0 fully saturated rings. The molecule has 27 heavy (non-hydrogen) atoms. The first-order valence-electron chi connectivity index (χ1n) is 9.25. The van der Waals surface area contributed by atoms with Crippen molar-refractivity contribution in [1.29, 1.82) is 0 Å². The molecule has 5 nitrogen and oxygen atoms in total. The maximum atomic E-state index is 5.81. The molecule has 0 aliphatic heterocycles. The zero-order valence-electron chi connectivity index (χ0n) is 15.5. The first-order valence-corrected chi connectivity index (χ1v) is 9.25. The van der Waals surface area contributed by atoms with Crippen molar-refractivity contribution < 1.29 is 14.0 Å². The van der Waals surface area contributed by atoms with Crippen LogP contribution in [0.5, 0.6) is 0 Å². The van der Waals surface area contributed by atoms with E-state index in [2.05, 4.69) is 28.3 Å². The Bertz CT molecular complexity index is 985. The molecule has 3 aromatic rings. The normalized spacial score (nSPS) is 19.4. The molecule has 1 aliphatic carbocycles. The third kappa shape index (κ3) is 3.56. The fourth-order valence-electron chi connectivity index (χ4n) is 3.33. The van der Waals surface area contributed by atoms with Gasteiger partial charge in [-0.15, -0.1) is 0 Å². The van der Waals surface area contributed by atoms with Crippen molar-refractivity contribution in [2.75, 3.05) is 13.2 Å². The molecular formula is C22H22N2O3. The fraction of sp³-hybridized carbons (Fsp3) is 0.273. The van der Waals surface area contributed by atoms with Crippen molar-refractivity contribution in [2.24, 2.45) is 0 Å². The van der Waals surface area contributed by atoms with Crippen LogP contribution in [0.2, 0.25) is 0 Å². The molecule has 5 heteroatoms. The molecule has 0 spiro atoms. The first-order chi connectivity index (χ1) is 13.3. The summed E-state index contributed by atoms with van der Waals surface area (Å²) >= 11 is 0. The average molecular weight is 362 g/mol. The molecule has 0 N–H and O–H groups in total. The Labute approximate surface area is 158 Å². The predicted molar refractivity (Wildman–Crippen MR) is 105 cm³/mol.